The number of carbonyl (C=O) groups excluding carboxylic acids is 3. The first kappa shape index (κ1) is 23.5. The first-order valence-electron chi connectivity index (χ1n) is 10.1. The zero-order valence-corrected chi connectivity index (χ0v) is 18.5. The van der Waals surface area contributed by atoms with Crippen molar-refractivity contribution in [2.75, 3.05) is 0 Å². The Labute approximate surface area is 196 Å². The van der Waals surface area contributed by atoms with Crippen molar-refractivity contribution in [2.24, 2.45) is 0 Å². The number of aromatic nitrogens is 1. The van der Waals surface area contributed by atoms with Gasteiger partial charge in [0.2, 0.25) is 5.89 Å². The molecule has 0 spiro atoms. The third-order valence-corrected chi connectivity index (χ3v) is 5.92. The van der Waals surface area contributed by atoms with Gasteiger partial charge in [-0.2, -0.15) is 13.2 Å². The Kier molecular flexibility index (Phi) is 6.43. The standard InChI is InChI=1S/C24H17F3N2O4S/c1-13-18(28-22(33-13)16-6-8-17(9-7-16)24(25,26)27)10-11-19(30)15-4-2-14(3-5-15)12-20-21(31)29-23(32)34-20/h2-9,12H,10-11H2,1H3,(H,29,31,32)/b20-12-. The van der Waals surface area contributed by atoms with Gasteiger partial charge < -0.3 is 4.42 Å². The maximum absolute atomic E-state index is 12.7. The van der Waals surface area contributed by atoms with Gasteiger partial charge in [-0.3, -0.25) is 19.7 Å². The van der Waals surface area contributed by atoms with Crippen LogP contribution in [0.15, 0.2) is 57.9 Å². The Hall–Kier alpha value is -3.66. The highest BCUT2D eigenvalue weighted by molar-refractivity contribution is 8.18. The van der Waals surface area contributed by atoms with Gasteiger partial charge in [-0.05, 0) is 54.6 Å². The number of ketones is 1. The lowest BCUT2D eigenvalue weighted by Gasteiger charge is -2.06. The van der Waals surface area contributed by atoms with Gasteiger partial charge in [-0.15, -0.1) is 0 Å². The van der Waals surface area contributed by atoms with Gasteiger partial charge in [0, 0.05) is 24.0 Å². The van der Waals surface area contributed by atoms with Crippen molar-refractivity contribution in [3.63, 3.8) is 0 Å². The number of aryl methyl sites for hydroxylation is 2. The third kappa shape index (κ3) is 5.28. The number of halogens is 3. The predicted octanol–water partition coefficient (Wildman–Crippen LogP) is 5.81. The molecule has 174 valence electrons. The number of amides is 2. The molecule has 2 aromatic carbocycles. The summed E-state index contributed by atoms with van der Waals surface area (Å²) in [5.74, 6) is 0.111. The summed E-state index contributed by atoms with van der Waals surface area (Å²) in [7, 11) is 0. The Morgan fingerprint density at radius 1 is 1.09 bits per heavy atom. The fourth-order valence-electron chi connectivity index (χ4n) is 3.30. The van der Waals surface area contributed by atoms with E-state index < -0.39 is 22.9 Å². The molecule has 34 heavy (non-hydrogen) atoms. The van der Waals surface area contributed by atoms with Crippen LogP contribution in [0.3, 0.4) is 0 Å². The molecular weight excluding hydrogens is 469 g/mol. The molecule has 2 amide bonds. The summed E-state index contributed by atoms with van der Waals surface area (Å²) < 4.78 is 43.8. The summed E-state index contributed by atoms with van der Waals surface area (Å²) >= 11 is 0.817. The zero-order valence-electron chi connectivity index (χ0n) is 17.7. The Morgan fingerprint density at radius 2 is 1.76 bits per heavy atom. The minimum Gasteiger partial charge on any atom is -0.441 e. The van der Waals surface area contributed by atoms with E-state index in [1.165, 1.54) is 12.1 Å². The number of nitrogens with zero attached hydrogens (tertiary/aromatic N) is 1. The molecule has 3 aromatic rings. The lowest BCUT2D eigenvalue weighted by molar-refractivity contribution is -0.137. The van der Waals surface area contributed by atoms with Gasteiger partial charge in [0.25, 0.3) is 11.1 Å². The van der Waals surface area contributed by atoms with Gasteiger partial charge >= 0.3 is 6.18 Å². The Balaban J connectivity index is 1.39. The average molecular weight is 486 g/mol. The molecule has 1 saturated heterocycles. The molecule has 10 heteroatoms. The van der Waals surface area contributed by atoms with Crippen LogP contribution in [0.2, 0.25) is 0 Å². The number of carbonyl (C=O) groups is 3. The number of rotatable bonds is 6. The minimum absolute atomic E-state index is 0.124. The minimum atomic E-state index is -4.42. The van der Waals surface area contributed by atoms with E-state index in [4.69, 9.17) is 4.42 Å². The maximum Gasteiger partial charge on any atom is 0.416 e. The van der Waals surface area contributed by atoms with Crippen LogP contribution in [0.5, 0.6) is 0 Å². The second-order valence-corrected chi connectivity index (χ2v) is 8.51. The number of benzene rings is 2. The molecule has 1 aromatic heterocycles. The van der Waals surface area contributed by atoms with E-state index in [9.17, 15) is 27.6 Å². The topological polar surface area (TPSA) is 89.3 Å². The van der Waals surface area contributed by atoms with Crippen molar-refractivity contribution in [3.05, 3.63) is 81.6 Å². The average Bonchev–Trinajstić information content (AvgIpc) is 3.32. The Bertz CT molecular complexity index is 1290. The SMILES string of the molecule is Cc1oc(-c2ccc(C(F)(F)F)cc2)nc1CCC(=O)c1ccc(/C=C2\SC(=O)NC2=O)cc1. The van der Waals surface area contributed by atoms with Crippen molar-refractivity contribution in [1.29, 1.82) is 0 Å². The van der Waals surface area contributed by atoms with Gasteiger partial charge in [0.1, 0.15) is 5.76 Å². The second kappa shape index (κ2) is 9.30. The van der Waals surface area contributed by atoms with E-state index in [1.807, 2.05) is 0 Å². The Morgan fingerprint density at radius 3 is 2.35 bits per heavy atom. The lowest BCUT2D eigenvalue weighted by atomic mass is 10.0. The van der Waals surface area contributed by atoms with Crippen LogP contribution in [0.1, 0.15) is 39.4 Å². The normalized spacial score (nSPS) is 15.1. The lowest BCUT2D eigenvalue weighted by Crippen LogP contribution is -2.17. The number of hydrogen-bond acceptors (Lipinski definition) is 6. The van der Waals surface area contributed by atoms with Crippen molar-refractivity contribution in [3.8, 4) is 11.5 Å². The molecule has 0 bridgehead atoms. The van der Waals surface area contributed by atoms with E-state index in [1.54, 1.807) is 37.3 Å². The number of nitrogens with one attached hydrogen (secondary N) is 1. The molecule has 0 saturated carbocycles. The summed E-state index contributed by atoms with van der Waals surface area (Å²) in [6, 6.07) is 11.2. The van der Waals surface area contributed by atoms with Crippen LogP contribution in [0, 0.1) is 6.92 Å². The molecule has 0 aliphatic carbocycles. The van der Waals surface area contributed by atoms with Crippen LogP contribution in [0.25, 0.3) is 17.5 Å². The number of thioether (sulfide) groups is 1. The second-order valence-electron chi connectivity index (χ2n) is 7.49. The van der Waals surface area contributed by atoms with Crippen LogP contribution < -0.4 is 5.32 Å². The molecule has 6 nitrogen and oxygen atoms in total. The number of hydrogen-bond donors (Lipinski definition) is 1. The molecular formula is C24H17F3N2O4S. The van der Waals surface area contributed by atoms with Crippen molar-refractivity contribution in [1.82, 2.24) is 10.3 Å². The fourth-order valence-corrected chi connectivity index (χ4v) is 3.98. The predicted molar refractivity (Wildman–Crippen MR) is 120 cm³/mol. The molecule has 1 aliphatic rings. The number of alkyl halides is 3. The van der Waals surface area contributed by atoms with E-state index in [0.29, 0.717) is 34.6 Å². The first-order valence-corrected chi connectivity index (χ1v) is 10.9. The summed E-state index contributed by atoms with van der Waals surface area (Å²) in [6.45, 7) is 1.69. The summed E-state index contributed by atoms with van der Waals surface area (Å²) in [6.07, 6.45) is -2.39. The molecule has 1 N–H and O–H groups in total. The highest BCUT2D eigenvalue weighted by Gasteiger charge is 2.30. The molecule has 1 fully saturated rings. The van der Waals surface area contributed by atoms with Crippen LogP contribution in [-0.4, -0.2) is 21.9 Å². The number of oxazole rings is 1. The zero-order chi connectivity index (χ0) is 24.5. The highest BCUT2D eigenvalue weighted by atomic mass is 32.2. The fraction of sp³-hybridized carbons (Fsp3) is 0.167. The van der Waals surface area contributed by atoms with E-state index in [-0.39, 0.29) is 23.0 Å². The van der Waals surface area contributed by atoms with Crippen molar-refractivity contribution < 1.29 is 32.0 Å². The maximum atomic E-state index is 12.7. The molecule has 0 atom stereocenters. The van der Waals surface area contributed by atoms with Gasteiger partial charge in [-0.25, -0.2) is 4.98 Å². The van der Waals surface area contributed by atoms with Crippen LogP contribution in [-0.2, 0) is 17.4 Å². The first-order chi connectivity index (χ1) is 16.1. The number of Topliss-reactive ketones (excluding diaryl/α,β-unsaturated/α-hetero) is 1. The largest absolute Gasteiger partial charge is 0.441 e. The third-order valence-electron chi connectivity index (χ3n) is 5.11. The van der Waals surface area contributed by atoms with Gasteiger partial charge in [0.15, 0.2) is 5.78 Å². The van der Waals surface area contributed by atoms with Crippen LogP contribution in [0.4, 0.5) is 18.0 Å². The van der Waals surface area contributed by atoms with Crippen molar-refractivity contribution in [2.45, 2.75) is 25.9 Å². The van der Waals surface area contributed by atoms with E-state index >= 15 is 0 Å². The van der Waals surface area contributed by atoms with Gasteiger partial charge in [0.05, 0.1) is 16.2 Å². The molecule has 0 unspecified atom stereocenters. The van der Waals surface area contributed by atoms with E-state index in [0.717, 1.165) is 23.9 Å². The summed E-state index contributed by atoms with van der Waals surface area (Å²) in [5.41, 5.74) is 1.36. The summed E-state index contributed by atoms with van der Waals surface area (Å²) in [5, 5.41) is 1.75. The van der Waals surface area contributed by atoms with E-state index in [2.05, 4.69) is 10.3 Å². The number of imide groups is 1. The molecule has 1 aliphatic heterocycles. The van der Waals surface area contributed by atoms with Crippen molar-refractivity contribution >= 4 is 34.8 Å². The quantitative estimate of drug-likeness (QED) is 0.350. The monoisotopic (exact) mass is 486 g/mol. The molecule has 4 rings (SSSR count). The molecule has 2 heterocycles. The van der Waals surface area contributed by atoms with Gasteiger partial charge in [-0.1, -0.05) is 24.3 Å². The van der Waals surface area contributed by atoms with Crippen LogP contribution >= 0.6 is 11.8 Å². The summed E-state index contributed by atoms with van der Waals surface area (Å²) in [4.78, 5) is 40.1. The highest BCUT2D eigenvalue weighted by Crippen LogP contribution is 2.31. The smallest absolute Gasteiger partial charge is 0.416 e. The molecule has 0 radical (unpaired) electrons.